The van der Waals surface area contributed by atoms with Gasteiger partial charge in [-0.1, -0.05) is 30.3 Å². The molecule has 1 aromatic rings. The van der Waals surface area contributed by atoms with Crippen molar-refractivity contribution in [2.24, 2.45) is 0 Å². The quantitative estimate of drug-likeness (QED) is 0.613. The highest BCUT2D eigenvalue weighted by molar-refractivity contribution is 6.30. The molecule has 14 heavy (non-hydrogen) atoms. The Morgan fingerprint density at radius 2 is 2.29 bits per heavy atom. The number of carbonyl (C=O) groups is 1. The maximum Gasteiger partial charge on any atom is 0.339 e. The fourth-order valence-electron chi connectivity index (χ4n) is 1.06. The van der Waals surface area contributed by atoms with Crippen molar-refractivity contribution >= 4 is 17.6 Å². The third-order valence-corrected chi connectivity index (χ3v) is 1.98. The second kappa shape index (κ2) is 4.66. The number of hydrogen-bond acceptors (Lipinski definition) is 1. The third-order valence-electron chi connectivity index (χ3n) is 1.74. The molecule has 72 valence electrons. The largest absolute Gasteiger partial charge is 0.477 e. The SMILES string of the molecule is C=C=C(Cc1cccc(Cl)c1)C(=O)O. The predicted molar refractivity (Wildman–Crippen MR) is 55.4 cm³/mol. The zero-order valence-corrected chi connectivity index (χ0v) is 8.21. The number of rotatable bonds is 3. The highest BCUT2D eigenvalue weighted by atomic mass is 35.5. The first-order chi connectivity index (χ1) is 6.63. The van der Waals surface area contributed by atoms with Crippen LogP contribution in [-0.4, -0.2) is 11.1 Å². The van der Waals surface area contributed by atoms with Gasteiger partial charge in [0.05, 0.1) is 5.57 Å². The second-order valence-corrected chi connectivity index (χ2v) is 3.20. The molecule has 0 saturated heterocycles. The Morgan fingerprint density at radius 1 is 1.57 bits per heavy atom. The summed E-state index contributed by atoms with van der Waals surface area (Å²) in [5.74, 6) is -1.00. The molecule has 0 bridgehead atoms. The lowest BCUT2D eigenvalue weighted by Gasteiger charge is -2.00. The summed E-state index contributed by atoms with van der Waals surface area (Å²) in [7, 11) is 0. The number of hydrogen-bond donors (Lipinski definition) is 1. The van der Waals surface area contributed by atoms with E-state index in [1.165, 1.54) is 0 Å². The molecular formula is C11H9ClO2. The molecule has 0 aliphatic heterocycles. The van der Waals surface area contributed by atoms with E-state index in [1.807, 2.05) is 6.07 Å². The van der Waals surface area contributed by atoms with E-state index in [9.17, 15) is 4.79 Å². The van der Waals surface area contributed by atoms with Gasteiger partial charge in [0.2, 0.25) is 0 Å². The van der Waals surface area contributed by atoms with E-state index < -0.39 is 5.97 Å². The van der Waals surface area contributed by atoms with E-state index in [1.54, 1.807) is 18.2 Å². The first kappa shape index (κ1) is 10.6. The normalized spacial score (nSPS) is 9.21. The minimum absolute atomic E-state index is 0.146. The van der Waals surface area contributed by atoms with Crippen LogP contribution in [0.25, 0.3) is 0 Å². The van der Waals surface area contributed by atoms with Crippen LogP contribution < -0.4 is 0 Å². The Kier molecular flexibility index (Phi) is 3.52. The van der Waals surface area contributed by atoms with Gasteiger partial charge in [0.15, 0.2) is 0 Å². The number of carboxylic acid groups (broad SMARTS) is 1. The fourth-order valence-corrected chi connectivity index (χ4v) is 1.28. The lowest BCUT2D eigenvalue weighted by Crippen LogP contribution is -2.02. The van der Waals surface area contributed by atoms with Gasteiger partial charge in [0.1, 0.15) is 0 Å². The maximum absolute atomic E-state index is 10.6. The van der Waals surface area contributed by atoms with Gasteiger partial charge >= 0.3 is 5.97 Å². The summed E-state index contributed by atoms with van der Waals surface area (Å²) in [6.07, 6.45) is 0.291. The number of aliphatic carboxylic acids is 1. The zero-order valence-electron chi connectivity index (χ0n) is 7.46. The van der Waals surface area contributed by atoms with Gasteiger partial charge in [-0.3, -0.25) is 0 Å². The first-order valence-electron chi connectivity index (χ1n) is 4.00. The summed E-state index contributed by atoms with van der Waals surface area (Å²) < 4.78 is 0. The molecule has 1 aromatic carbocycles. The van der Waals surface area contributed by atoms with Crippen molar-refractivity contribution in [3.05, 3.63) is 52.7 Å². The zero-order chi connectivity index (χ0) is 10.6. The lowest BCUT2D eigenvalue weighted by molar-refractivity contribution is -0.132. The van der Waals surface area contributed by atoms with Crippen LogP contribution in [0.2, 0.25) is 5.02 Å². The molecule has 1 rings (SSSR count). The molecule has 1 N–H and O–H groups in total. The summed E-state index contributed by atoms with van der Waals surface area (Å²) in [5.41, 5.74) is 3.38. The topological polar surface area (TPSA) is 37.3 Å². The summed E-state index contributed by atoms with van der Waals surface area (Å²) in [6.45, 7) is 3.33. The van der Waals surface area contributed by atoms with Crippen LogP contribution in [0.1, 0.15) is 5.56 Å². The van der Waals surface area contributed by atoms with Crippen LogP contribution >= 0.6 is 11.6 Å². The molecular weight excluding hydrogens is 200 g/mol. The molecule has 0 spiro atoms. The van der Waals surface area contributed by atoms with Gasteiger partial charge in [0.25, 0.3) is 0 Å². The van der Waals surface area contributed by atoms with E-state index in [0.717, 1.165) is 5.56 Å². The van der Waals surface area contributed by atoms with Crippen molar-refractivity contribution in [2.75, 3.05) is 0 Å². The molecule has 0 unspecified atom stereocenters. The monoisotopic (exact) mass is 208 g/mol. The molecule has 0 heterocycles. The van der Waals surface area contributed by atoms with E-state index >= 15 is 0 Å². The van der Waals surface area contributed by atoms with E-state index in [-0.39, 0.29) is 5.57 Å². The van der Waals surface area contributed by atoms with Crippen molar-refractivity contribution in [1.82, 2.24) is 0 Å². The van der Waals surface area contributed by atoms with Gasteiger partial charge in [-0.05, 0) is 17.7 Å². The van der Waals surface area contributed by atoms with Crippen LogP contribution in [0.5, 0.6) is 0 Å². The fraction of sp³-hybridized carbons (Fsp3) is 0.0909. The summed E-state index contributed by atoms with van der Waals surface area (Å²) in [5, 5.41) is 9.33. The molecule has 0 aliphatic carbocycles. The van der Waals surface area contributed by atoms with Gasteiger partial charge in [-0.25, -0.2) is 4.79 Å². The smallest absolute Gasteiger partial charge is 0.339 e. The second-order valence-electron chi connectivity index (χ2n) is 2.77. The molecule has 0 aromatic heterocycles. The van der Waals surface area contributed by atoms with Crippen molar-refractivity contribution in [3.8, 4) is 0 Å². The summed E-state index contributed by atoms with van der Waals surface area (Å²) in [6, 6.07) is 7.05. The molecule has 0 aliphatic rings. The van der Waals surface area contributed by atoms with Crippen LogP contribution in [0, 0.1) is 0 Å². The van der Waals surface area contributed by atoms with Gasteiger partial charge in [0, 0.05) is 11.4 Å². The lowest BCUT2D eigenvalue weighted by atomic mass is 10.1. The molecule has 0 fully saturated rings. The molecule has 0 saturated carbocycles. The molecule has 0 amide bonds. The van der Waals surface area contributed by atoms with Crippen LogP contribution in [0.4, 0.5) is 0 Å². The maximum atomic E-state index is 10.6. The summed E-state index contributed by atoms with van der Waals surface area (Å²) in [4.78, 5) is 10.6. The first-order valence-corrected chi connectivity index (χ1v) is 4.38. The highest BCUT2D eigenvalue weighted by Crippen LogP contribution is 2.13. The van der Waals surface area contributed by atoms with Crippen molar-refractivity contribution in [1.29, 1.82) is 0 Å². The average Bonchev–Trinajstić information content (AvgIpc) is 2.14. The number of carboxylic acids is 1. The van der Waals surface area contributed by atoms with Gasteiger partial charge in [-0.15, -0.1) is 5.73 Å². The Balaban J connectivity index is 2.88. The standard InChI is InChI=1S/C11H9ClO2/c1-2-9(11(13)14)6-8-4-3-5-10(12)7-8/h3-5,7H,1,6H2,(H,13,14). The number of halogens is 1. The molecule has 3 heteroatoms. The van der Waals surface area contributed by atoms with Crippen LogP contribution in [0.15, 0.2) is 42.1 Å². The third kappa shape index (κ3) is 2.77. The number of benzene rings is 1. The average molecular weight is 209 g/mol. The van der Waals surface area contributed by atoms with E-state index in [4.69, 9.17) is 16.7 Å². The van der Waals surface area contributed by atoms with Crippen molar-refractivity contribution in [2.45, 2.75) is 6.42 Å². The van der Waals surface area contributed by atoms with Gasteiger partial charge in [-0.2, -0.15) is 0 Å². The minimum atomic E-state index is -1.00. The van der Waals surface area contributed by atoms with E-state index in [0.29, 0.717) is 11.4 Å². The van der Waals surface area contributed by atoms with Crippen molar-refractivity contribution in [3.63, 3.8) is 0 Å². The highest BCUT2D eigenvalue weighted by Gasteiger charge is 2.06. The Hall–Kier alpha value is -1.50. The van der Waals surface area contributed by atoms with Gasteiger partial charge < -0.3 is 5.11 Å². The minimum Gasteiger partial charge on any atom is -0.477 e. The Labute approximate surface area is 87.1 Å². The summed E-state index contributed by atoms with van der Waals surface area (Å²) >= 11 is 5.76. The van der Waals surface area contributed by atoms with Crippen LogP contribution in [-0.2, 0) is 11.2 Å². The molecule has 0 atom stereocenters. The Bertz CT molecular complexity index is 404. The predicted octanol–water partition coefficient (Wildman–Crippen LogP) is 2.68. The Morgan fingerprint density at radius 3 is 2.79 bits per heavy atom. The molecule has 0 radical (unpaired) electrons. The van der Waals surface area contributed by atoms with E-state index in [2.05, 4.69) is 12.3 Å². The van der Waals surface area contributed by atoms with Crippen LogP contribution in [0.3, 0.4) is 0 Å². The molecule has 2 nitrogen and oxygen atoms in total. The van der Waals surface area contributed by atoms with Crippen molar-refractivity contribution < 1.29 is 9.90 Å².